The van der Waals surface area contributed by atoms with E-state index in [9.17, 15) is 19.1 Å². The van der Waals surface area contributed by atoms with Gasteiger partial charge in [0, 0.05) is 30.6 Å². The van der Waals surface area contributed by atoms with Crippen molar-refractivity contribution in [2.75, 3.05) is 17.7 Å². The molecule has 0 spiro atoms. The van der Waals surface area contributed by atoms with E-state index < -0.39 is 17.3 Å². The largest absolute Gasteiger partial charge is 0.454 e. The number of fused-ring (bicyclic) bond motifs is 1. The Morgan fingerprint density at radius 3 is 2.76 bits per heavy atom. The zero-order valence-corrected chi connectivity index (χ0v) is 20.0. The highest BCUT2D eigenvalue weighted by Crippen LogP contribution is 2.28. The van der Waals surface area contributed by atoms with E-state index in [-0.39, 0.29) is 29.4 Å². The summed E-state index contributed by atoms with van der Waals surface area (Å²) >= 11 is 1.26. The summed E-state index contributed by atoms with van der Waals surface area (Å²) in [7, 11) is 0. The Labute approximate surface area is 213 Å². The number of rotatable bonds is 7. The summed E-state index contributed by atoms with van der Waals surface area (Å²) in [5, 5.41) is 12.0. The van der Waals surface area contributed by atoms with Gasteiger partial charge in [-0.1, -0.05) is 18.2 Å². The summed E-state index contributed by atoms with van der Waals surface area (Å²) in [6, 6.07) is 15.4. The number of hydrogen-bond donors (Lipinski definition) is 3. The summed E-state index contributed by atoms with van der Waals surface area (Å²) in [5.41, 5.74) is 8.37. The highest BCUT2D eigenvalue weighted by molar-refractivity contribution is 7.16. The molecular weight excluding hydrogens is 497 g/mol. The van der Waals surface area contributed by atoms with Crippen LogP contribution in [0.5, 0.6) is 11.5 Å². The Hall–Kier alpha value is -4.61. The number of nitrogens with one attached hydrogen (secondary N) is 1. The van der Waals surface area contributed by atoms with Crippen LogP contribution < -0.4 is 21.3 Å². The number of carbonyl (C=O) groups is 1. The topological polar surface area (TPSA) is 132 Å². The van der Waals surface area contributed by atoms with E-state index in [2.05, 4.69) is 15.3 Å². The van der Waals surface area contributed by atoms with Crippen molar-refractivity contribution in [2.45, 2.75) is 6.42 Å². The summed E-state index contributed by atoms with van der Waals surface area (Å²) in [6.07, 6.45) is 1.77. The zero-order chi connectivity index (χ0) is 25.9. The number of nitrogens with two attached hydrogens (primary N) is 1. The number of para-hydroxylation sites is 1. The number of aromatic nitrogens is 3. The number of amides is 1. The van der Waals surface area contributed by atoms with Gasteiger partial charge in [0.1, 0.15) is 22.0 Å². The Morgan fingerprint density at radius 2 is 1.97 bits per heavy atom. The Balaban J connectivity index is 1.47. The number of hydrogen-bond acceptors (Lipinski definition) is 8. The molecule has 0 bridgehead atoms. The minimum Gasteiger partial charge on any atom is -0.454 e. The van der Waals surface area contributed by atoms with Crippen molar-refractivity contribution < 1.29 is 19.0 Å². The van der Waals surface area contributed by atoms with Crippen LogP contribution in [-0.2, 0) is 6.42 Å². The highest BCUT2D eigenvalue weighted by Gasteiger charge is 2.20. The van der Waals surface area contributed by atoms with Crippen molar-refractivity contribution in [1.82, 2.24) is 14.5 Å². The fourth-order valence-electron chi connectivity index (χ4n) is 3.85. The van der Waals surface area contributed by atoms with Crippen LogP contribution in [0, 0.1) is 5.82 Å². The van der Waals surface area contributed by atoms with Gasteiger partial charge in [-0.15, -0.1) is 11.3 Å². The number of nitrogen functional groups attached to an aromatic ring is 1. The van der Waals surface area contributed by atoms with E-state index in [1.165, 1.54) is 52.4 Å². The SMILES string of the molecule is Nc1cc(Oc2ccc(NC(=O)c3cc4ncsc4n(-c4ccccc4CCO)c3=O)cc2F)ccn1. The number of benzene rings is 2. The van der Waals surface area contributed by atoms with Crippen molar-refractivity contribution in [2.24, 2.45) is 0 Å². The molecule has 0 aliphatic heterocycles. The lowest BCUT2D eigenvalue weighted by Gasteiger charge is -2.14. The lowest BCUT2D eigenvalue weighted by molar-refractivity contribution is 0.102. The van der Waals surface area contributed by atoms with Crippen LogP contribution in [-0.4, -0.2) is 32.2 Å². The molecule has 4 N–H and O–H groups in total. The summed E-state index contributed by atoms with van der Waals surface area (Å²) in [5.74, 6) is -0.984. The maximum atomic E-state index is 14.7. The fourth-order valence-corrected chi connectivity index (χ4v) is 4.63. The van der Waals surface area contributed by atoms with Gasteiger partial charge in [-0.05, 0) is 42.3 Å². The number of ether oxygens (including phenoxy) is 1. The van der Waals surface area contributed by atoms with Crippen LogP contribution >= 0.6 is 11.3 Å². The molecule has 11 heteroatoms. The minimum atomic E-state index is -0.724. The summed E-state index contributed by atoms with van der Waals surface area (Å²) in [6.45, 7) is -0.0996. The molecule has 0 saturated heterocycles. The van der Waals surface area contributed by atoms with Crippen molar-refractivity contribution in [1.29, 1.82) is 0 Å². The fraction of sp³-hybridized carbons (Fsp3) is 0.0769. The third-order valence-electron chi connectivity index (χ3n) is 5.52. The molecule has 1 amide bonds. The zero-order valence-electron chi connectivity index (χ0n) is 19.2. The second kappa shape index (κ2) is 10.2. The molecule has 2 aromatic carbocycles. The standard InChI is InChI=1S/C26H20FN5O4S/c27-19-11-16(5-6-22(19)36-17-7-9-29-23(28)12-17)31-24(34)18-13-20-26(37-14-30-20)32(25(18)35)21-4-2-1-3-15(21)8-10-33/h1-7,9,11-14,33H,8,10H2,(H2,28,29)(H,31,34). The number of nitrogens with zero attached hydrogens (tertiary/aromatic N) is 3. The highest BCUT2D eigenvalue weighted by atomic mass is 32.1. The van der Waals surface area contributed by atoms with E-state index in [1.807, 2.05) is 12.1 Å². The van der Waals surface area contributed by atoms with Gasteiger partial charge in [0.05, 0.1) is 16.7 Å². The average molecular weight is 518 g/mol. The molecular formula is C26H20FN5O4S. The number of anilines is 2. The first-order valence-electron chi connectivity index (χ1n) is 11.1. The summed E-state index contributed by atoms with van der Waals surface area (Å²) in [4.78, 5) is 35.4. The second-order valence-corrected chi connectivity index (χ2v) is 8.79. The molecule has 5 rings (SSSR count). The van der Waals surface area contributed by atoms with Gasteiger partial charge in [-0.2, -0.15) is 0 Å². The van der Waals surface area contributed by atoms with Crippen molar-refractivity contribution >= 4 is 39.1 Å². The maximum absolute atomic E-state index is 14.7. The van der Waals surface area contributed by atoms with Gasteiger partial charge in [0.2, 0.25) is 0 Å². The molecule has 3 aromatic heterocycles. The molecule has 0 radical (unpaired) electrons. The van der Waals surface area contributed by atoms with Gasteiger partial charge < -0.3 is 20.9 Å². The third-order valence-corrected chi connectivity index (χ3v) is 6.35. The van der Waals surface area contributed by atoms with Crippen LogP contribution in [0.15, 0.2) is 77.2 Å². The Morgan fingerprint density at radius 1 is 1.14 bits per heavy atom. The van der Waals surface area contributed by atoms with Crippen LogP contribution in [0.1, 0.15) is 15.9 Å². The predicted molar refractivity (Wildman–Crippen MR) is 139 cm³/mol. The molecule has 0 atom stereocenters. The normalized spacial score (nSPS) is 11.0. The van der Waals surface area contributed by atoms with Gasteiger partial charge in [0.15, 0.2) is 11.6 Å². The lowest BCUT2D eigenvalue weighted by atomic mass is 10.1. The van der Waals surface area contributed by atoms with E-state index in [4.69, 9.17) is 10.5 Å². The molecule has 0 unspecified atom stereocenters. The first kappa shape index (κ1) is 24.1. The van der Waals surface area contributed by atoms with Crippen LogP contribution in [0.3, 0.4) is 0 Å². The number of carbonyl (C=O) groups excluding carboxylic acids is 1. The lowest BCUT2D eigenvalue weighted by Crippen LogP contribution is -2.29. The average Bonchev–Trinajstić information content (AvgIpc) is 3.34. The van der Waals surface area contributed by atoms with E-state index in [0.717, 1.165) is 11.6 Å². The number of thiazole rings is 1. The summed E-state index contributed by atoms with van der Waals surface area (Å²) < 4.78 is 21.6. The molecule has 0 saturated carbocycles. The number of aliphatic hydroxyl groups is 1. The molecule has 37 heavy (non-hydrogen) atoms. The number of aliphatic hydroxyl groups excluding tert-OH is 1. The molecule has 186 valence electrons. The molecule has 3 heterocycles. The molecule has 0 fully saturated rings. The molecule has 5 aromatic rings. The number of pyridine rings is 2. The van der Waals surface area contributed by atoms with Gasteiger partial charge in [0.25, 0.3) is 11.5 Å². The minimum absolute atomic E-state index is 0.0738. The van der Waals surface area contributed by atoms with Gasteiger partial charge in [-0.25, -0.2) is 14.4 Å². The van der Waals surface area contributed by atoms with E-state index >= 15 is 0 Å². The second-order valence-electron chi connectivity index (χ2n) is 7.96. The first-order chi connectivity index (χ1) is 17.9. The molecule has 0 aliphatic carbocycles. The van der Waals surface area contributed by atoms with Crippen LogP contribution in [0.4, 0.5) is 15.9 Å². The van der Waals surface area contributed by atoms with Crippen molar-refractivity contribution in [3.05, 3.63) is 99.7 Å². The predicted octanol–water partition coefficient (Wildman–Crippen LogP) is 4.14. The van der Waals surface area contributed by atoms with Crippen molar-refractivity contribution in [3.63, 3.8) is 0 Å². The Bertz CT molecular complexity index is 1680. The molecule has 9 nitrogen and oxygen atoms in total. The van der Waals surface area contributed by atoms with Gasteiger partial charge >= 0.3 is 0 Å². The van der Waals surface area contributed by atoms with E-state index in [1.54, 1.807) is 17.6 Å². The first-order valence-corrected chi connectivity index (χ1v) is 12.0. The van der Waals surface area contributed by atoms with Gasteiger partial charge in [-0.3, -0.25) is 14.2 Å². The smallest absolute Gasteiger partial charge is 0.269 e. The Kier molecular flexibility index (Phi) is 6.62. The maximum Gasteiger partial charge on any atom is 0.269 e. The van der Waals surface area contributed by atoms with Crippen molar-refractivity contribution in [3.8, 4) is 17.2 Å². The quantitative estimate of drug-likeness (QED) is 0.296. The number of halogens is 1. The van der Waals surface area contributed by atoms with Crippen LogP contribution in [0.25, 0.3) is 16.0 Å². The monoisotopic (exact) mass is 517 g/mol. The third kappa shape index (κ3) is 4.90. The van der Waals surface area contributed by atoms with E-state index in [0.29, 0.717) is 28.2 Å². The van der Waals surface area contributed by atoms with Crippen LogP contribution in [0.2, 0.25) is 0 Å². The molecule has 0 aliphatic rings.